The highest BCUT2D eigenvalue weighted by atomic mass is 16.4. The van der Waals surface area contributed by atoms with Crippen LogP contribution in [0.25, 0.3) is 10.8 Å². The quantitative estimate of drug-likeness (QED) is 0.830. The zero-order valence-corrected chi connectivity index (χ0v) is 9.18. The second kappa shape index (κ2) is 3.23. The first-order valence-corrected chi connectivity index (χ1v) is 5.59. The van der Waals surface area contributed by atoms with Crippen LogP contribution in [-0.4, -0.2) is 16.2 Å². The number of benzene rings is 2. The van der Waals surface area contributed by atoms with Crippen LogP contribution in [0.2, 0.25) is 0 Å². The monoisotopic (exact) mass is 228 g/mol. The van der Waals surface area contributed by atoms with Gasteiger partial charge in [0.2, 0.25) is 0 Å². The maximum atomic E-state index is 11.4. The van der Waals surface area contributed by atoms with E-state index in [1.165, 1.54) is 0 Å². The highest BCUT2D eigenvalue weighted by molar-refractivity contribution is 5.95. The molecule has 3 heteroatoms. The minimum absolute atomic E-state index is 0.172. The Morgan fingerprint density at radius 3 is 2.59 bits per heavy atom. The van der Waals surface area contributed by atoms with Gasteiger partial charge in [-0.05, 0) is 41.3 Å². The first-order chi connectivity index (χ1) is 8.13. The minimum atomic E-state index is -0.770. The van der Waals surface area contributed by atoms with Gasteiger partial charge in [0.25, 0.3) is 0 Å². The zero-order chi connectivity index (χ0) is 12.0. The first-order valence-electron chi connectivity index (χ1n) is 5.59. The second-order valence-corrected chi connectivity index (χ2v) is 4.60. The lowest BCUT2D eigenvalue weighted by molar-refractivity contribution is -0.140. The van der Waals surface area contributed by atoms with E-state index in [-0.39, 0.29) is 5.75 Å². The van der Waals surface area contributed by atoms with Crippen LogP contribution < -0.4 is 0 Å². The predicted octanol–water partition coefficient (Wildman–Crippen LogP) is 2.66. The Bertz CT molecular complexity index is 612. The molecule has 1 fully saturated rings. The van der Waals surface area contributed by atoms with Gasteiger partial charge < -0.3 is 10.2 Å². The van der Waals surface area contributed by atoms with Gasteiger partial charge in [0.15, 0.2) is 0 Å². The van der Waals surface area contributed by atoms with Crippen LogP contribution in [0, 0.1) is 0 Å². The van der Waals surface area contributed by atoms with Gasteiger partial charge in [-0.2, -0.15) is 0 Å². The molecule has 0 unspecified atom stereocenters. The van der Waals surface area contributed by atoms with Crippen LogP contribution in [0.1, 0.15) is 18.4 Å². The van der Waals surface area contributed by atoms with Crippen LogP contribution in [0.15, 0.2) is 36.4 Å². The van der Waals surface area contributed by atoms with E-state index in [4.69, 9.17) is 0 Å². The van der Waals surface area contributed by atoms with Gasteiger partial charge in [0, 0.05) is 0 Å². The van der Waals surface area contributed by atoms with E-state index < -0.39 is 11.4 Å². The van der Waals surface area contributed by atoms with Crippen molar-refractivity contribution in [3.05, 3.63) is 42.0 Å². The molecule has 0 bridgehead atoms. The topological polar surface area (TPSA) is 57.5 Å². The molecule has 0 aromatic heterocycles. The van der Waals surface area contributed by atoms with Gasteiger partial charge >= 0.3 is 5.97 Å². The summed E-state index contributed by atoms with van der Waals surface area (Å²) in [6.45, 7) is 0. The van der Waals surface area contributed by atoms with Crippen molar-refractivity contribution >= 4 is 16.7 Å². The lowest BCUT2D eigenvalue weighted by Crippen LogP contribution is -2.19. The molecule has 17 heavy (non-hydrogen) atoms. The van der Waals surface area contributed by atoms with Crippen LogP contribution >= 0.6 is 0 Å². The summed E-state index contributed by atoms with van der Waals surface area (Å²) >= 11 is 0. The fraction of sp³-hybridized carbons (Fsp3) is 0.214. The molecule has 0 spiro atoms. The standard InChI is InChI=1S/C14H12O3/c15-10-5-4-9-2-1-3-12(11(9)8-10)14(6-7-14)13(16)17/h1-5,8,15H,6-7H2,(H,16,17). The van der Waals surface area contributed by atoms with Crippen molar-refractivity contribution in [2.45, 2.75) is 18.3 Å². The van der Waals surface area contributed by atoms with Gasteiger partial charge in [-0.1, -0.05) is 24.3 Å². The number of rotatable bonds is 2. The molecular weight excluding hydrogens is 216 g/mol. The number of fused-ring (bicyclic) bond motifs is 1. The fourth-order valence-corrected chi connectivity index (χ4v) is 2.40. The summed E-state index contributed by atoms with van der Waals surface area (Å²) in [5.74, 6) is -0.598. The largest absolute Gasteiger partial charge is 0.508 e. The van der Waals surface area contributed by atoms with Crippen molar-refractivity contribution in [1.82, 2.24) is 0 Å². The van der Waals surface area contributed by atoms with Crippen LogP contribution in [-0.2, 0) is 10.2 Å². The number of carboxylic acid groups (broad SMARTS) is 1. The molecule has 0 amide bonds. The third-order valence-corrected chi connectivity index (χ3v) is 3.54. The van der Waals surface area contributed by atoms with Crippen LogP contribution in [0.5, 0.6) is 5.75 Å². The summed E-state index contributed by atoms with van der Waals surface area (Å²) in [6.07, 6.45) is 1.36. The number of carboxylic acids is 1. The lowest BCUT2D eigenvalue weighted by atomic mass is 9.91. The molecule has 1 aliphatic carbocycles. The Labute approximate surface area is 98.3 Å². The minimum Gasteiger partial charge on any atom is -0.508 e. The average molecular weight is 228 g/mol. The van der Waals surface area contributed by atoms with E-state index in [2.05, 4.69) is 0 Å². The highest BCUT2D eigenvalue weighted by Crippen LogP contribution is 2.50. The fourth-order valence-electron chi connectivity index (χ4n) is 2.40. The molecule has 2 aromatic rings. The second-order valence-electron chi connectivity index (χ2n) is 4.60. The zero-order valence-electron chi connectivity index (χ0n) is 9.18. The summed E-state index contributed by atoms with van der Waals surface area (Å²) in [5.41, 5.74) is 0.0891. The Balaban J connectivity index is 2.30. The summed E-state index contributed by atoms with van der Waals surface area (Å²) in [4.78, 5) is 11.4. The van der Waals surface area contributed by atoms with Gasteiger partial charge in [-0.15, -0.1) is 0 Å². The molecule has 0 saturated heterocycles. The maximum Gasteiger partial charge on any atom is 0.314 e. The summed E-state index contributed by atoms with van der Waals surface area (Å²) in [7, 11) is 0. The van der Waals surface area contributed by atoms with Gasteiger partial charge in [-0.3, -0.25) is 4.79 Å². The number of aliphatic carboxylic acids is 1. The SMILES string of the molecule is O=C(O)C1(c2cccc3ccc(O)cc23)CC1. The predicted molar refractivity (Wildman–Crippen MR) is 64.2 cm³/mol. The molecule has 0 aliphatic heterocycles. The number of phenolic OH excluding ortho intramolecular Hbond substituents is 1. The van der Waals surface area contributed by atoms with E-state index in [0.29, 0.717) is 12.8 Å². The van der Waals surface area contributed by atoms with Crippen LogP contribution in [0.3, 0.4) is 0 Å². The third kappa shape index (κ3) is 1.39. The van der Waals surface area contributed by atoms with E-state index in [1.54, 1.807) is 12.1 Å². The summed E-state index contributed by atoms with van der Waals surface area (Å²) in [6, 6.07) is 10.7. The molecule has 86 valence electrons. The van der Waals surface area contributed by atoms with Gasteiger partial charge in [0.05, 0.1) is 5.41 Å². The van der Waals surface area contributed by atoms with Crippen molar-refractivity contribution in [3.8, 4) is 5.75 Å². The lowest BCUT2D eigenvalue weighted by Gasteiger charge is -2.13. The molecule has 0 radical (unpaired) electrons. The van der Waals surface area contributed by atoms with E-state index in [0.717, 1.165) is 16.3 Å². The molecular formula is C14H12O3. The smallest absolute Gasteiger partial charge is 0.314 e. The molecule has 1 aliphatic rings. The molecule has 3 rings (SSSR count). The Hall–Kier alpha value is -2.03. The number of aromatic hydroxyl groups is 1. The number of carbonyl (C=O) groups is 1. The number of hydrogen-bond donors (Lipinski definition) is 2. The van der Waals surface area contributed by atoms with Crippen molar-refractivity contribution in [2.75, 3.05) is 0 Å². The third-order valence-electron chi connectivity index (χ3n) is 3.54. The maximum absolute atomic E-state index is 11.4. The van der Waals surface area contributed by atoms with Crippen molar-refractivity contribution in [3.63, 3.8) is 0 Å². The first kappa shape index (κ1) is 10.1. The molecule has 0 atom stereocenters. The Morgan fingerprint density at radius 1 is 1.18 bits per heavy atom. The average Bonchev–Trinajstić information content (AvgIpc) is 3.09. The number of hydrogen-bond acceptors (Lipinski definition) is 2. The summed E-state index contributed by atoms with van der Waals surface area (Å²) in [5, 5.41) is 20.7. The normalized spacial score (nSPS) is 16.9. The Kier molecular flexibility index (Phi) is 1.93. The number of phenols is 1. The molecule has 2 N–H and O–H groups in total. The van der Waals surface area contributed by atoms with Crippen molar-refractivity contribution in [1.29, 1.82) is 0 Å². The molecule has 1 saturated carbocycles. The summed E-state index contributed by atoms with van der Waals surface area (Å²) < 4.78 is 0. The van der Waals surface area contributed by atoms with E-state index in [1.807, 2.05) is 24.3 Å². The molecule has 2 aromatic carbocycles. The highest BCUT2D eigenvalue weighted by Gasteiger charge is 2.52. The Morgan fingerprint density at radius 2 is 1.94 bits per heavy atom. The van der Waals surface area contributed by atoms with E-state index in [9.17, 15) is 15.0 Å². The molecule has 0 heterocycles. The van der Waals surface area contributed by atoms with E-state index >= 15 is 0 Å². The van der Waals surface area contributed by atoms with Crippen molar-refractivity contribution < 1.29 is 15.0 Å². The van der Waals surface area contributed by atoms with Crippen LogP contribution in [0.4, 0.5) is 0 Å². The molecule has 3 nitrogen and oxygen atoms in total. The van der Waals surface area contributed by atoms with Crippen molar-refractivity contribution in [2.24, 2.45) is 0 Å². The van der Waals surface area contributed by atoms with Gasteiger partial charge in [-0.25, -0.2) is 0 Å². The van der Waals surface area contributed by atoms with Gasteiger partial charge in [0.1, 0.15) is 5.75 Å².